The van der Waals surface area contributed by atoms with Crippen molar-refractivity contribution in [2.45, 2.75) is 67.9 Å². The predicted octanol–water partition coefficient (Wildman–Crippen LogP) is 4.94. The van der Waals surface area contributed by atoms with Crippen LogP contribution in [-0.4, -0.2) is 71.3 Å². The number of nitrogens with zero attached hydrogens (tertiary/aromatic N) is 2. The van der Waals surface area contributed by atoms with Crippen LogP contribution in [-0.2, 0) is 31.4 Å². The minimum Gasteiger partial charge on any atom is -0.490 e. The van der Waals surface area contributed by atoms with Crippen molar-refractivity contribution in [3.05, 3.63) is 64.7 Å². The fourth-order valence-electron chi connectivity index (χ4n) is 7.25. The summed E-state index contributed by atoms with van der Waals surface area (Å²) in [4.78, 5) is 17.6. The molecule has 1 spiro atoms. The summed E-state index contributed by atoms with van der Waals surface area (Å²) in [6, 6.07) is 11.1. The van der Waals surface area contributed by atoms with Crippen molar-refractivity contribution in [3.63, 3.8) is 0 Å². The van der Waals surface area contributed by atoms with E-state index in [2.05, 4.69) is 27.8 Å². The molecule has 1 fully saturated rings. The summed E-state index contributed by atoms with van der Waals surface area (Å²) in [7, 11) is -0.560. The molecule has 0 unspecified atom stereocenters. The number of amides is 1. The van der Waals surface area contributed by atoms with Crippen LogP contribution in [0.5, 0.6) is 5.75 Å². The highest BCUT2D eigenvalue weighted by molar-refractivity contribution is 7.90. The normalized spacial score (nSPS) is 31.0. The van der Waals surface area contributed by atoms with E-state index in [1.54, 1.807) is 33.1 Å². The second kappa shape index (κ2) is 11.4. The van der Waals surface area contributed by atoms with Gasteiger partial charge < -0.3 is 14.4 Å². The maximum atomic E-state index is 13.6. The van der Waals surface area contributed by atoms with Crippen LogP contribution in [0.15, 0.2) is 53.4 Å². The third-order valence-corrected chi connectivity index (χ3v) is 12.0. The Kier molecular flexibility index (Phi) is 8.07. The maximum Gasteiger partial charge on any atom is 0.264 e. The standard InChI is InChI=1S/C33H42ClN3O5S/c1-32(2)31(38)35-43(39,40)25-11-14-30-28(18-25)37(19-23-9-12-26(23)29(41-4)8-6-16-36(32)3)20-33(21-42-30)15-5-7-22-17-24(34)10-13-27(22)33/h6,8,10-11,13-14,17-18,23,26,29H,5,7,9,12,15-16,19-21H2,1-4H3,(H,35,38)/b8-6+/t23-,26+,29-,33-/m0/s1. The predicted molar refractivity (Wildman–Crippen MR) is 168 cm³/mol. The fourth-order valence-corrected chi connectivity index (χ4v) is 8.58. The van der Waals surface area contributed by atoms with Gasteiger partial charge in [0.1, 0.15) is 5.75 Å². The molecule has 0 aromatic heterocycles. The highest BCUT2D eigenvalue weighted by Crippen LogP contribution is 2.47. The number of sulfonamides is 1. The molecule has 2 aliphatic heterocycles. The fraction of sp³-hybridized carbons (Fsp3) is 0.545. The lowest BCUT2D eigenvalue weighted by molar-refractivity contribution is -0.128. The SMILES string of the molecule is CO[C@H]1/C=C/CN(C)C(C)(C)C(=O)NS(=O)(=O)c2ccc3c(c2)N(C[C@@H]2CC[C@H]21)C[C@@]1(CCCc2cc(Cl)ccc21)CO3. The van der Waals surface area contributed by atoms with Crippen LogP contribution in [0.25, 0.3) is 0 Å². The van der Waals surface area contributed by atoms with Crippen molar-refractivity contribution in [2.75, 3.05) is 45.3 Å². The lowest BCUT2D eigenvalue weighted by Gasteiger charge is -2.46. The van der Waals surface area contributed by atoms with Crippen molar-refractivity contribution >= 4 is 33.2 Å². The van der Waals surface area contributed by atoms with Crippen LogP contribution in [0, 0.1) is 11.8 Å². The summed E-state index contributed by atoms with van der Waals surface area (Å²) in [6.45, 7) is 5.87. The van der Waals surface area contributed by atoms with Gasteiger partial charge in [-0.25, -0.2) is 13.1 Å². The molecule has 232 valence electrons. The van der Waals surface area contributed by atoms with E-state index in [-0.39, 0.29) is 16.4 Å². The van der Waals surface area contributed by atoms with Gasteiger partial charge in [-0.05, 0) is 106 Å². The Hall–Kier alpha value is -2.59. The van der Waals surface area contributed by atoms with Crippen LogP contribution in [0.2, 0.25) is 5.02 Å². The number of anilines is 1. The zero-order valence-electron chi connectivity index (χ0n) is 25.4. The number of likely N-dealkylation sites (N-methyl/N-ethyl adjacent to an activating group) is 1. The van der Waals surface area contributed by atoms with Crippen LogP contribution in [0.4, 0.5) is 5.69 Å². The van der Waals surface area contributed by atoms with E-state index in [1.165, 1.54) is 17.2 Å². The first-order valence-corrected chi connectivity index (χ1v) is 17.1. The molecule has 2 aromatic rings. The topological polar surface area (TPSA) is 88.2 Å². The number of benzene rings is 2. The molecule has 8 nitrogen and oxygen atoms in total. The Balaban J connectivity index is 1.45. The number of methoxy groups -OCH3 is 1. The minimum absolute atomic E-state index is 0.0436. The Morgan fingerprint density at radius 3 is 2.70 bits per heavy atom. The Morgan fingerprint density at radius 2 is 1.95 bits per heavy atom. The molecular weight excluding hydrogens is 586 g/mol. The molecule has 2 bridgehead atoms. The molecule has 0 saturated heterocycles. The number of carbonyl (C=O) groups excluding carboxylic acids is 1. The van der Waals surface area contributed by atoms with E-state index in [4.69, 9.17) is 21.1 Å². The molecule has 0 radical (unpaired) electrons. The first-order chi connectivity index (χ1) is 20.4. The number of rotatable bonds is 1. The van der Waals surface area contributed by atoms with Crippen LogP contribution in [0.1, 0.15) is 50.7 Å². The van der Waals surface area contributed by atoms with E-state index >= 15 is 0 Å². The van der Waals surface area contributed by atoms with Crippen LogP contribution < -0.4 is 14.4 Å². The molecule has 2 heterocycles. The molecule has 6 rings (SSSR count). The highest BCUT2D eigenvalue weighted by Gasteiger charge is 2.45. The van der Waals surface area contributed by atoms with Gasteiger partial charge in [-0.1, -0.05) is 29.8 Å². The summed E-state index contributed by atoms with van der Waals surface area (Å²) < 4.78 is 42.1. The van der Waals surface area contributed by atoms with Crippen molar-refractivity contribution in [3.8, 4) is 5.75 Å². The quantitative estimate of drug-likeness (QED) is 0.448. The largest absolute Gasteiger partial charge is 0.490 e. The van der Waals surface area contributed by atoms with Gasteiger partial charge in [0.15, 0.2) is 0 Å². The van der Waals surface area contributed by atoms with Crippen molar-refractivity contribution in [1.82, 2.24) is 9.62 Å². The zero-order chi connectivity index (χ0) is 30.6. The smallest absolute Gasteiger partial charge is 0.264 e. The Bertz CT molecular complexity index is 1540. The van der Waals surface area contributed by atoms with E-state index in [0.29, 0.717) is 37.3 Å². The summed E-state index contributed by atoms with van der Waals surface area (Å²) >= 11 is 6.41. The second-order valence-electron chi connectivity index (χ2n) is 13.2. The van der Waals surface area contributed by atoms with Gasteiger partial charge >= 0.3 is 0 Å². The molecule has 2 aliphatic carbocycles. The second-order valence-corrected chi connectivity index (χ2v) is 15.4. The first kappa shape index (κ1) is 30.4. The molecule has 1 amide bonds. The minimum atomic E-state index is -4.14. The van der Waals surface area contributed by atoms with E-state index in [9.17, 15) is 13.2 Å². The van der Waals surface area contributed by atoms with Gasteiger partial charge in [-0.2, -0.15) is 0 Å². The summed E-state index contributed by atoms with van der Waals surface area (Å²) in [5.74, 6) is 0.775. The lowest BCUT2D eigenvalue weighted by atomic mass is 9.68. The number of ether oxygens (including phenoxy) is 2. The number of hydrogen-bond acceptors (Lipinski definition) is 7. The summed E-state index contributed by atoms with van der Waals surface area (Å²) in [6.07, 6.45) is 9.19. The van der Waals surface area contributed by atoms with Crippen molar-refractivity contribution < 1.29 is 22.7 Å². The molecule has 1 saturated carbocycles. The summed E-state index contributed by atoms with van der Waals surface area (Å²) in [5.41, 5.74) is 1.93. The first-order valence-electron chi connectivity index (χ1n) is 15.2. The molecule has 43 heavy (non-hydrogen) atoms. The van der Waals surface area contributed by atoms with E-state index in [0.717, 1.165) is 49.4 Å². The molecular formula is C33H42ClN3O5S. The lowest BCUT2D eigenvalue weighted by Crippen LogP contribution is -2.54. The maximum absolute atomic E-state index is 13.6. The zero-order valence-corrected chi connectivity index (χ0v) is 27.0. The third-order valence-electron chi connectivity index (χ3n) is 10.4. The van der Waals surface area contributed by atoms with Gasteiger partial charge in [0.25, 0.3) is 15.9 Å². The van der Waals surface area contributed by atoms with E-state index in [1.807, 2.05) is 24.1 Å². The number of fused-ring (bicyclic) bond motifs is 4. The highest BCUT2D eigenvalue weighted by atomic mass is 35.5. The molecule has 2 aromatic carbocycles. The number of nitrogens with one attached hydrogen (secondary N) is 1. The molecule has 4 atom stereocenters. The number of hydrogen-bond donors (Lipinski definition) is 1. The Morgan fingerprint density at radius 1 is 1.14 bits per heavy atom. The van der Waals surface area contributed by atoms with Crippen molar-refractivity contribution in [1.29, 1.82) is 0 Å². The van der Waals surface area contributed by atoms with Crippen molar-refractivity contribution in [2.24, 2.45) is 11.8 Å². The van der Waals surface area contributed by atoms with Crippen LogP contribution in [0.3, 0.4) is 0 Å². The van der Waals surface area contributed by atoms with Gasteiger partial charge in [-0.3, -0.25) is 9.69 Å². The van der Waals surface area contributed by atoms with Gasteiger partial charge in [0.05, 0.1) is 28.8 Å². The third kappa shape index (κ3) is 5.58. The van der Waals surface area contributed by atoms with Gasteiger partial charge in [-0.15, -0.1) is 0 Å². The average molecular weight is 628 g/mol. The average Bonchev–Trinajstić information content (AvgIpc) is 3.10. The number of aryl methyl sites for hydroxylation is 1. The van der Waals surface area contributed by atoms with Gasteiger partial charge in [0.2, 0.25) is 0 Å². The van der Waals surface area contributed by atoms with E-state index < -0.39 is 21.5 Å². The monoisotopic (exact) mass is 627 g/mol. The molecule has 4 aliphatic rings. The molecule has 1 N–H and O–H groups in total. The van der Waals surface area contributed by atoms with Gasteiger partial charge in [0, 0.05) is 37.2 Å². The number of carbonyl (C=O) groups is 1. The summed E-state index contributed by atoms with van der Waals surface area (Å²) in [5, 5.41) is 0.737. The molecule has 10 heteroatoms. The van der Waals surface area contributed by atoms with Crippen LogP contribution >= 0.6 is 11.6 Å². The number of halogens is 1. The Labute approximate surface area is 260 Å².